The van der Waals surface area contributed by atoms with Gasteiger partial charge < -0.3 is 9.84 Å². The van der Waals surface area contributed by atoms with Crippen molar-refractivity contribution in [1.29, 1.82) is 5.26 Å². The van der Waals surface area contributed by atoms with Gasteiger partial charge in [-0.3, -0.25) is 0 Å². The third kappa shape index (κ3) is 4.23. The topological polar surface area (TPSA) is 70.3 Å². The first-order valence-corrected chi connectivity index (χ1v) is 8.60. The fourth-order valence-corrected chi connectivity index (χ4v) is 4.25. The van der Waals surface area contributed by atoms with E-state index in [4.69, 9.17) is 9.84 Å². The number of halogens is 2. The highest BCUT2D eigenvalue weighted by Gasteiger charge is 2.09. The Morgan fingerprint density at radius 3 is 2.13 bits per heavy atom. The number of hydrogen-bond donors (Lipinski definition) is 1. The zero-order valence-electron chi connectivity index (χ0n) is 12.0. The van der Waals surface area contributed by atoms with Gasteiger partial charge in [-0.1, -0.05) is 12.1 Å². The molecule has 0 spiro atoms. The van der Waals surface area contributed by atoms with Crippen LogP contribution in [0.2, 0.25) is 0 Å². The standard InChI is InChI=1S/C17H11I2NO3/c1-23-16-14(18)7-10(8-15(16)19)6-13(9-20)11-2-4-12(5-3-11)17(21)22/h2-8H,1H3,(H,21,22)/b13-6-. The molecule has 0 amide bonds. The van der Waals surface area contributed by atoms with Crippen LogP contribution < -0.4 is 4.74 Å². The van der Waals surface area contributed by atoms with Gasteiger partial charge in [0.05, 0.1) is 31.5 Å². The van der Waals surface area contributed by atoms with E-state index >= 15 is 0 Å². The van der Waals surface area contributed by atoms with Gasteiger partial charge in [-0.15, -0.1) is 0 Å². The zero-order chi connectivity index (χ0) is 17.0. The second-order valence-electron chi connectivity index (χ2n) is 4.57. The summed E-state index contributed by atoms with van der Waals surface area (Å²) in [4.78, 5) is 10.9. The minimum Gasteiger partial charge on any atom is -0.495 e. The van der Waals surface area contributed by atoms with Gasteiger partial charge in [0.1, 0.15) is 5.75 Å². The first-order valence-electron chi connectivity index (χ1n) is 6.45. The van der Waals surface area contributed by atoms with Crippen molar-refractivity contribution in [2.75, 3.05) is 7.11 Å². The number of carbonyl (C=O) groups is 1. The summed E-state index contributed by atoms with van der Waals surface area (Å²) >= 11 is 4.38. The van der Waals surface area contributed by atoms with Crippen molar-refractivity contribution in [3.63, 3.8) is 0 Å². The molecule has 0 aromatic heterocycles. The van der Waals surface area contributed by atoms with Crippen LogP contribution in [0, 0.1) is 18.5 Å². The molecule has 116 valence electrons. The number of aromatic carboxylic acids is 1. The number of hydrogen-bond acceptors (Lipinski definition) is 3. The molecule has 0 radical (unpaired) electrons. The maximum atomic E-state index is 10.9. The number of nitriles is 1. The van der Waals surface area contributed by atoms with E-state index in [1.807, 2.05) is 12.1 Å². The molecule has 23 heavy (non-hydrogen) atoms. The van der Waals surface area contributed by atoms with Crippen LogP contribution in [0.5, 0.6) is 5.75 Å². The summed E-state index contributed by atoms with van der Waals surface area (Å²) in [6.45, 7) is 0. The Bertz CT molecular complexity index is 798. The number of ether oxygens (including phenoxy) is 1. The van der Waals surface area contributed by atoms with Crippen LogP contribution in [0.1, 0.15) is 21.5 Å². The predicted molar refractivity (Wildman–Crippen MR) is 105 cm³/mol. The first kappa shape index (κ1) is 17.7. The number of nitrogens with zero attached hydrogens (tertiary/aromatic N) is 1. The largest absolute Gasteiger partial charge is 0.495 e. The van der Waals surface area contributed by atoms with Gasteiger partial charge in [0.2, 0.25) is 0 Å². The SMILES string of the molecule is COc1c(I)cc(/C=C(/C#N)c2ccc(C(=O)O)cc2)cc1I. The van der Waals surface area contributed by atoms with Crippen LogP contribution in [0.3, 0.4) is 0 Å². The van der Waals surface area contributed by atoms with Crippen molar-refractivity contribution in [3.05, 3.63) is 60.2 Å². The van der Waals surface area contributed by atoms with E-state index in [0.717, 1.165) is 18.5 Å². The normalized spacial score (nSPS) is 11.0. The Kier molecular flexibility index (Phi) is 6.01. The minimum atomic E-state index is -0.988. The molecule has 2 aromatic carbocycles. The van der Waals surface area contributed by atoms with Gasteiger partial charge in [0.25, 0.3) is 0 Å². The number of methoxy groups -OCH3 is 1. The summed E-state index contributed by atoms with van der Waals surface area (Å²) in [5, 5.41) is 18.3. The number of carboxylic acid groups (broad SMARTS) is 1. The van der Waals surface area contributed by atoms with E-state index < -0.39 is 5.97 Å². The lowest BCUT2D eigenvalue weighted by molar-refractivity contribution is 0.0697. The lowest BCUT2D eigenvalue weighted by Crippen LogP contribution is -1.95. The average Bonchev–Trinajstić information content (AvgIpc) is 2.52. The summed E-state index contributed by atoms with van der Waals surface area (Å²) in [6.07, 6.45) is 1.78. The molecule has 0 aliphatic heterocycles. The third-order valence-corrected chi connectivity index (χ3v) is 4.70. The highest BCUT2D eigenvalue weighted by Crippen LogP contribution is 2.30. The van der Waals surface area contributed by atoms with Crippen LogP contribution in [0.25, 0.3) is 11.6 Å². The van der Waals surface area contributed by atoms with Crippen molar-refractivity contribution in [1.82, 2.24) is 0 Å². The molecular weight excluding hydrogens is 520 g/mol. The van der Waals surface area contributed by atoms with Crippen LogP contribution in [0.4, 0.5) is 0 Å². The van der Waals surface area contributed by atoms with Crippen LogP contribution >= 0.6 is 45.2 Å². The Morgan fingerprint density at radius 1 is 1.17 bits per heavy atom. The van der Waals surface area contributed by atoms with Gasteiger partial charge in [0, 0.05) is 0 Å². The summed E-state index contributed by atoms with van der Waals surface area (Å²) in [5.41, 5.74) is 2.23. The van der Waals surface area contributed by atoms with Crippen molar-refractivity contribution in [2.24, 2.45) is 0 Å². The summed E-state index contributed by atoms with van der Waals surface area (Å²) < 4.78 is 7.25. The Balaban J connectivity index is 2.43. The Labute approximate surface area is 161 Å². The quantitative estimate of drug-likeness (QED) is 0.354. The zero-order valence-corrected chi connectivity index (χ0v) is 16.3. The number of benzene rings is 2. The molecule has 1 N–H and O–H groups in total. The number of allylic oxidation sites excluding steroid dienone is 1. The van der Waals surface area contributed by atoms with E-state index in [-0.39, 0.29) is 5.56 Å². The molecule has 6 heteroatoms. The lowest BCUT2D eigenvalue weighted by atomic mass is 10.0. The summed E-state index contributed by atoms with van der Waals surface area (Å²) in [6, 6.07) is 12.3. The molecule has 2 aromatic rings. The molecule has 0 saturated heterocycles. The first-order chi connectivity index (χ1) is 11.0. The lowest BCUT2D eigenvalue weighted by Gasteiger charge is -2.08. The van der Waals surface area contributed by atoms with Gasteiger partial charge in [-0.05, 0) is 86.7 Å². The maximum absolute atomic E-state index is 10.9. The second kappa shape index (κ2) is 7.79. The van der Waals surface area contributed by atoms with Gasteiger partial charge in [0.15, 0.2) is 0 Å². The van der Waals surface area contributed by atoms with Crippen LogP contribution in [0.15, 0.2) is 36.4 Å². The van der Waals surface area contributed by atoms with Gasteiger partial charge in [-0.25, -0.2) is 4.79 Å². The molecule has 0 atom stereocenters. The maximum Gasteiger partial charge on any atom is 0.335 e. The van der Waals surface area contributed by atoms with Gasteiger partial charge in [-0.2, -0.15) is 5.26 Å². The molecule has 0 fully saturated rings. The molecule has 0 bridgehead atoms. The van der Waals surface area contributed by atoms with E-state index in [9.17, 15) is 10.1 Å². The van der Waals surface area contributed by atoms with Crippen molar-refractivity contribution in [2.45, 2.75) is 0 Å². The average molecular weight is 531 g/mol. The fourth-order valence-electron chi connectivity index (χ4n) is 2.00. The van der Waals surface area contributed by atoms with Gasteiger partial charge >= 0.3 is 5.97 Å². The van der Waals surface area contributed by atoms with Crippen LogP contribution in [-0.2, 0) is 0 Å². The third-order valence-electron chi connectivity index (χ3n) is 3.10. The monoisotopic (exact) mass is 531 g/mol. The highest BCUT2D eigenvalue weighted by molar-refractivity contribution is 14.1. The van der Waals surface area contributed by atoms with Crippen LogP contribution in [-0.4, -0.2) is 18.2 Å². The highest BCUT2D eigenvalue weighted by atomic mass is 127. The smallest absolute Gasteiger partial charge is 0.335 e. The van der Waals surface area contributed by atoms with Crippen molar-refractivity contribution in [3.8, 4) is 11.8 Å². The second-order valence-corrected chi connectivity index (χ2v) is 6.89. The van der Waals surface area contributed by atoms with E-state index in [1.54, 1.807) is 25.3 Å². The number of carboxylic acids is 1. The van der Waals surface area contributed by atoms with E-state index in [2.05, 4.69) is 51.3 Å². The molecule has 0 aliphatic rings. The molecule has 0 heterocycles. The van der Waals surface area contributed by atoms with Crippen molar-refractivity contribution >= 4 is 62.8 Å². The van der Waals surface area contributed by atoms with E-state index in [1.165, 1.54) is 12.1 Å². The number of rotatable bonds is 4. The van der Waals surface area contributed by atoms with E-state index in [0.29, 0.717) is 11.1 Å². The molecular formula is C17H11I2NO3. The van der Waals surface area contributed by atoms with Crippen molar-refractivity contribution < 1.29 is 14.6 Å². The Morgan fingerprint density at radius 2 is 1.70 bits per heavy atom. The molecule has 0 saturated carbocycles. The molecule has 0 aliphatic carbocycles. The summed E-state index contributed by atoms with van der Waals surface area (Å²) in [5.74, 6) is -0.175. The molecule has 0 unspecified atom stereocenters. The summed E-state index contributed by atoms with van der Waals surface area (Å²) in [7, 11) is 1.62. The minimum absolute atomic E-state index is 0.194. The fraction of sp³-hybridized carbons (Fsp3) is 0.0588. The molecule has 4 nitrogen and oxygen atoms in total. The Hall–Kier alpha value is -1.60. The molecule has 2 rings (SSSR count). The predicted octanol–water partition coefficient (Wildman–Crippen LogP) is 4.67.